The molecule has 9 heteroatoms. The van der Waals surface area contributed by atoms with Crippen LogP contribution >= 0.6 is 11.6 Å². The molecule has 3 rings (SSSR count). The minimum absolute atomic E-state index is 0.0137. The van der Waals surface area contributed by atoms with Crippen molar-refractivity contribution in [2.45, 2.75) is 25.8 Å². The van der Waals surface area contributed by atoms with E-state index < -0.39 is 29.2 Å². The van der Waals surface area contributed by atoms with Gasteiger partial charge in [0.15, 0.2) is 5.78 Å². The van der Waals surface area contributed by atoms with Gasteiger partial charge in [-0.25, -0.2) is 9.18 Å². The lowest BCUT2D eigenvalue weighted by Gasteiger charge is -2.23. The Labute approximate surface area is 177 Å². The molecule has 2 aromatic rings. The van der Waals surface area contributed by atoms with Gasteiger partial charge in [-0.15, -0.1) is 0 Å². The van der Waals surface area contributed by atoms with Crippen LogP contribution in [0.4, 0.5) is 14.9 Å². The third-order valence-corrected chi connectivity index (χ3v) is 5.20. The van der Waals surface area contributed by atoms with Gasteiger partial charge >= 0.3 is 6.03 Å². The predicted octanol–water partition coefficient (Wildman–Crippen LogP) is 3.48. The fraction of sp³-hybridized carbons (Fsp3) is 0.238. The number of hydrogen-bond donors (Lipinski definition) is 2. The topological polar surface area (TPSA) is 95.6 Å². The minimum Gasteiger partial charge on any atom is -0.326 e. The zero-order valence-corrected chi connectivity index (χ0v) is 17.0. The highest BCUT2D eigenvalue weighted by molar-refractivity contribution is 6.32. The van der Waals surface area contributed by atoms with Crippen LogP contribution in [0.3, 0.4) is 0 Å². The highest BCUT2D eigenvalue weighted by Gasteiger charge is 2.49. The number of ketones is 1. The van der Waals surface area contributed by atoms with Gasteiger partial charge in [0.05, 0.1) is 0 Å². The molecule has 0 aromatic heterocycles. The first-order valence-electron chi connectivity index (χ1n) is 9.12. The van der Waals surface area contributed by atoms with Gasteiger partial charge in [-0.2, -0.15) is 0 Å². The maximum atomic E-state index is 13.3. The summed E-state index contributed by atoms with van der Waals surface area (Å²) < 4.78 is 13.3. The molecule has 156 valence electrons. The Morgan fingerprint density at radius 2 is 1.83 bits per heavy atom. The molecule has 1 saturated heterocycles. The number of imide groups is 1. The molecule has 7 nitrogen and oxygen atoms in total. The summed E-state index contributed by atoms with van der Waals surface area (Å²) in [6, 6.07) is 9.26. The van der Waals surface area contributed by atoms with Crippen LogP contribution in [0.1, 0.15) is 36.2 Å². The van der Waals surface area contributed by atoms with E-state index in [0.29, 0.717) is 11.3 Å². The molecule has 1 atom stereocenters. The maximum Gasteiger partial charge on any atom is 0.325 e. The van der Waals surface area contributed by atoms with E-state index in [1.165, 1.54) is 19.9 Å². The Morgan fingerprint density at radius 1 is 1.17 bits per heavy atom. The Morgan fingerprint density at radius 3 is 2.43 bits per heavy atom. The van der Waals surface area contributed by atoms with Gasteiger partial charge in [-0.05, 0) is 50.2 Å². The van der Waals surface area contributed by atoms with Gasteiger partial charge < -0.3 is 10.6 Å². The van der Waals surface area contributed by atoms with Crippen molar-refractivity contribution in [1.29, 1.82) is 0 Å². The quantitative estimate of drug-likeness (QED) is 0.540. The summed E-state index contributed by atoms with van der Waals surface area (Å²) >= 11 is 6.06. The van der Waals surface area contributed by atoms with Crippen molar-refractivity contribution in [3.63, 3.8) is 0 Å². The number of nitrogens with one attached hydrogen (secondary N) is 2. The fourth-order valence-electron chi connectivity index (χ4n) is 3.20. The molecule has 0 spiro atoms. The SMILES string of the molecule is CC(=O)c1ccc(NC(=O)CCN2C(=O)NC(C)(c3ccc(F)cc3Cl)C2=O)cc1. The predicted molar refractivity (Wildman–Crippen MR) is 109 cm³/mol. The lowest BCUT2D eigenvalue weighted by Crippen LogP contribution is -2.41. The van der Waals surface area contributed by atoms with Crippen LogP contribution in [0.2, 0.25) is 5.02 Å². The molecule has 0 bridgehead atoms. The van der Waals surface area contributed by atoms with E-state index in [9.17, 15) is 23.6 Å². The summed E-state index contributed by atoms with van der Waals surface area (Å²) in [6.45, 7) is 2.78. The van der Waals surface area contributed by atoms with Gasteiger partial charge in [0.2, 0.25) is 5.91 Å². The summed E-state index contributed by atoms with van der Waals surface area (Å²) in [6.07, 6.45) is -0.124. The van der Waals surface area contributed by atoms with Crippen LogP contribution in [-0.2, 0) is 15.1 Å². The second-order valence-corrected chi connectivity index (χ2v) is 7.48. The number of carbonyl (C=O) groups is 4. The van der Waals surface area contributed by atoms with Crippen LogP contribution in [0.25, 0.3) is 0 Å². The third-order valence-electron chi connectivity index (χ3n) is 4.88. The molecule has 0 aliphatic carbocycles. The van der Waals surface area contributed by atoms with E-state index in [-0.39, 0.29) is 29.3 Å². The van der Waals surface area contributed by atoms with E-state index in [1.807, 2.05) is 0 Å². The number of hydrogen-bond acceptors (Lipinski definition) is 4. The van der Waals surface area contributed by atoms with Gasteiger partial charge in [-0.3, -0.25) is 19.3 Å². The van der Waals surface area contributed by atoms with Crippen molar-refractivity contribution in [2.75, 3.05) is 11.9 Å². The molecular formula is C21H19ClFN3O4. The third kappa shape index (κ3) is 4.18. The molecular weight excluding hydrogens is 413 g/mol. The first kappa shape index (κ1) is 21.4. The average Bonchev–Trinajstić information content (AvgIpc) is 2.89. The van der Waals surface area contributed by atoms with E-state index >= 15 is 0 Å². The van der Waals surface area contributed by atoms with Crippen LogP contribution in [-0.4, -0.2) is 35.1 Å². The maximum absolute atomic E-state index is 13.3. The second-order valence-electron chi connectivity index (χ2n) is 7.07. The molecule has 0 radical (unpaired) electrons. The Hall–Kier alpha value is -3.26. The average molecular weight is 432 g/mol. The van der Waals surface area contributed by atoms with Crippen LogP contribution in [0, 0.1) is 5.82 Å². The zero-order chi connectivity index (χ0) is 22.1. The molecule has 1 unspecified atom stereocenters. The van der Waals surface area contributed by atoms with Crippen LogP contribution < -0.4 is 10.6 Å². The Balaban J connectivity index is 1.65. The lowest BCUT2D eigenvalue weighted by atomic mass is 9.92. The molecule has 2 N–H and O–H groups in total. The van der Waals surface area contributed by atoms with Gasteiger partial charge in [0, 0.05) is 34.8 Å². The van der Waals surface area contributed by atoms with Crippen molar-refractivity contribution < 1.29 is 23.6 Å². The summed E-state index contributed by atoms with van der Waals surface area (Å²) in [4.78, 5) is 49.6. The standard InChI is InChI=1S/C21H19ClFN3O4/c1-12(27)13-3-6-15(7-4-13)24-18(28)9-10-26-19(29)21(2,25-20(26)30)16-8-5-14(23)11-17(16)22/h3-8,11H,9-10H2,1-2H3,(H,24,28)(H,25,30). The molecule has 1 fully saturated rings. The van der Waals surface area contributed by atoms with E-state index in [0.717, 1.165) is 17.0 Å². The number of rotatable bonds is 6. The van der Waals surface area contributed by atoms with Crippen molar-refractivity contribution in [2.24, 2.45) is 0 Å². The number of anilines is 1. The van der Waals surface area contributed by atoms with Gasteiger partial charge in [0.25, 0.3) is 5.91 Å². The highest BCUT2D eigenvalue weighted by atomic mass is 35.5. The van der Waals surface area contributed by atoms with Gasteiger partial charge in [0.1, 0.15) is 11.4 Å². The molecule has 4 amide bonds. The van der Waals surface area contributed by atoms with E-state index in [4.69, 9.17) is 11.6 Å². The molecule has 1 aliphatic heterocycles. The molecule has 1 aliphatic rings. The molecule has 30 heavy (non-hydrogen) atoms. The van der Waals surface area contributed by atoms with Crippen molar-refractivity contribution in [3.05, 3.63) is 64.4 Å². The fourth-order valence-corrected chi connectivity index (χ4v) is 3.56. The Kier molecular flexibility index (Phi) is 5.89. The van der Waals surface area contributed by atoms with Gasteiger partial charge in [-0.1, -0.05) is 17.7 Å². The van der Waals surface area contributed by atoms with Crippen molar-refractivity contribution >= 4 is 40.9 Å². The molecule has 2 aromatic carbocycles. The number of halogens is 2. The normalized spacial score (nSPS) is 18.3. The number of nitrogens with zero attached hydrogens (tertiary/aromatic N) is 1. The lowest BCUT2D eigenvalue weighted by molar-refractivity contribution is -0.131. The minimum atomic E-state index is -1.46. The number of amides is 4. The molecule has 1 heterocycles. The number of benzene rings is 2. The number of urea groups is 1. The number of Topliss-reactive ketones (excluding diaryl/α,β-unsaturated/α-hetero) is 1. The summed E-state index contributed by atoms with van der Waals surface area (Å²) in [5, 5.41) is 5.22. The first-order chi connectivity index (χ1) is 14.1. The monoisotopic (exact) mass is 431 g/mol. The second kappa shape index (κ2) is 8.23. The Bertz CT molecular complexity index is 1040. The summed E-state index contributed by atoms with van der Waals surface area (Å²) in [5.41, 5.74) is -0.182. The van der Waals surface area contributed by atoms with Crippen LogP contribution in [0.5, 0.6) is 0 Å². The number of carbonyl (C=O) groups excluding carboxylic acids is 4. The van der Waals surface area contributed by atoms with Crippen molar-refractivity contribution in [1.82, 2.24) is 10.2 Å². The van der Waals surface area contributed by atoms with Crippen LogP contribution in [0.15, 0.2) is 42.5 Å². The molecule has 0 saturated carbocycles. The van der Waals surface area contributed by atoms with E-state index in [1.54, 1.807) is 24.3 Å². The summed E-state index contributed by atoms with van der Waals surface area (Å²) in [5.74, 6) is -1.64. The summed E-state index contributed by atoms with van der Waals surface area (Å²) in [7, 11) is 0. The highest BCUT2D eigenvalue weighted by Crippen LogP contribution is 2.34. The zero-order valence-electron chi connectivity index (χ0n) is 16.3. The largest absolute Gasteiger partial charge is 0.326 e. The first-order valence-corrected chi connectivity index (χ1v) is 9.50. The van der Waals surface area contributed by atoms with Crippen molar-refractivity contribution in [3.8, 4) is 0 Å². The van der Waals surface area contributed by atoms with E-state index in [2.05, 4.69) is 10.6 Å². The smallest absolute Gasteiger partial charge is 0.325 e.